The average Bonchev–Trinajstić information content (AvgIpc) is 3.19. The van der Waals surface area contributed by atoms with Crippen LogP contribution < -0.4 is 26.3 Å². The minimum absolute atomic E-state index is 0. The maximum Gasteiger partial charge on any atom is 0.334 e. The van der Waals surface area contributed by atoms with Gasteiger partial charge >= 0.3 is 12.0 Å². The van der Waals surface area contributed by atoms with Crippen molar-refractivity contribution in [2.24, 2.45) is 11.5 Å². The van der Waals surface area contributed by atoms with E-state index in [-0.39, 0.29) is 50.1 Å². The number of ether oxygens (including phenoxy) is 2. The zero-order chi connectivity index (χ0) is 22.4. The molecule has 1 heterocycles. The van der Waals surface area contributed by atoms with Gasteiger partial charge in [-0.3, -0.25) is 4.79 Å². The molecule has 3 amide bonds. The van der Waals surface area contributed by atoms with E-state index in [2.05, 4.69) is 5.32 Å². The van der Waals surface area contributed by atoms with Crippen molar-refractivity contribution in [2.75, 3.05) is 13.1 Å². The summed E-state index contributed by atoms with van der Waals surface area (Å²) in [4.78, 5) is 37.3. The number of nitrogens with two attached hydrogens (primary N) is 2. The molecule has 10 nitrogen and oxygen atoms in total. The average molecular weight is 501 g/mol. The molecule has 1 aliphatic rings. The van der Waals surface area contributed by atoms with Crippen LogP contribution in [0.3, 0.4) is 0 Å². The minimum atomic E-state index is -1.37. The molecule has 1 unspecified atom stereocenters. The topological polar surface area (TPSA) is 157 Å². The molecule has 1 saturated heterocycles. The summed E-state index contributed by atoms with van der Waals surface area (Å²) in [5.74, 6) is 0.127. The number of amides is 3. The molecule has 1 aliphatic heterocycles. The molecule has 2 aromatic carbocycles. The van der Waals surface area contributed by atoms with Gasteiger partial charge in [0.1, 0.15) is 29.4 Å². The molecule has 12 heteroatoms. The van der Waals surface area contributed by atoms with Crippen molar-refractivity contribution in [3.63, 3.8) is 0 Å². The van der Waals surface area contributed by atoms with Gasteiger partial charge in [-0.15, -0.1) is 24.8 Å². The van der Waals surface area contributed by atoms with Gasteiger partial charge in [0.2, 0.25) is 5.91 Å². The van der Waals surface area contributed by atoms with E-state index in [9.17, 15) is 19.5 Å². The van der Waals surface area contributed by atoms with E-state index >= 15 is 0 Å². The third-order valence-electron chi connectivity index (χ3n) is 4.75. The quantitative estimate of drug-likeness (QED) is 0.328. The highest BCUT2D eigenvalue weighted by atomic mass is 35.5. The monoisotopic (exact) mass is 500 g/mol. The number of nitrogens with one attached hydrogen (secondary N) is 1. The van der Waals surface area contributed by atoms with Crippen LogP contribution in [0.5, 0.6) is 17.2 Å². The molecule has 180 valence electrons. The first-order chi connectivity index (χ1) is 14.9. The Morgan fingerprint density at radius 1 is 1.03 bits per heavy atom. The van der Waals surface area contributed by atoms with Gasteiger partial charge in [-0.1, -0.05) is 18.2 Å². The van der Waals surface area contributed by atoms with Crippen LogP contribution >= 0.6 is 24.8 Å². The van der Waals surface area contributed by atoms with Crippen molar-refractivity contribution in [1.82, 2.24) is 10.2 Å². The van der Waals surface area contributed by atoms with Gasteiger partial charge in [0.05, 0.1) is 0 Å². The van der Waals surface area contributed by atoms with Crippen LogP contribution in [0.4, 0.5) is 4.79 Å². The van der Waals surface area contributed by atoms with E-state index in [4.69, 9.17) is 20.9 Å². The van der Waals surface area contributed by atoms with Crippen LogP contribution in [-0.4, -0.2) is 59.2 Å². The number of para-hydroxylation sites is 1. The molecule has 0 aromatic heterocycles. The molecule has 0 radical (unpaired) electrons. The first-order valence-corrected chi connectivity index (χ1v) is 9.66. The predicted octanol–water partition coefficient (Wildman–Crippen LogP) is 1.19. The highest BCUT2D eigenvalue weighted by Gasteiger charge is 2.41. The Morgan fingerprint density at radius 3 is 2.18 bits per heavy atom. The van der Waals surface area contributed by atoms with Crippen LogP contribution in [0.15, 0.2) is 54.6 Å². The summed E-state index contributed by atoms with van der Waals surface area (Å²) in [6, 6.07) is 13.3. The second kappa shape index (κ2) is 12.9. The summed E-state index contributed by atoms with van der Waals surface area (Å²) in [6.45, 7) is -0.227. The van der Waals surface area contributed by atoms with Crippen molar-refractivity contribution >= 4 is 42.7 Å². The molecule has 2 aromatic rings. The molecular formula is C21H26Cl2N4O6. The lowest BCUT2D eigenvalue weighted by Gasteiger charge is -2.20. The fourth-order valence-electron chi connectivity index (χ4n) is 3.20. The fourth-order valence-corrected chi connectivity index (χ4v) is 3.20. The number of carbonyl (C=O) groups excluding carboxylic acids is 3. The highest BCUT2D eigenvalue weighted by molar-refractivity contribution is 5.86. The van der Waals surface area contributed by atoms with Crippen LogP contribution in [0.25, 0.3) is 0 Å². The number of benzene rings is 2. The molecule has 6 N–H and O–H groups in total. The smallest absolute Gasteiger partial charge is 0.334 e. The van der Waals surface area contributed by atoms with Crippen molar-refractivity contribution in [1.29, 1.82) is 0 Å². The van der Waals surface area contributed by atoms with E-state index < -0.39 is 36.1 Å². The number of halogens is 2. The minimum Gasteiger partial charge on any atom is -0.457 e. The number of esters is 1. The number of aliphatic hydroxyl groups excluding tert-OH is 1. The summed E-state index contributed by atoms with van der Waals surface area (Å²) < 4.78 is 11.1. The fraction of sp³-hybridized carbons (Fsp3) is 0.286. The Balaban J connectivity index is 0.00000272. The summed E-state index contributed by atoms with van der Waals surface area (Å²) in [5, 5.41) is 12.1. The first kappa shape index (κ1) is 28.0. The molecule has 33 heavy (non-hydrogen) atoms. The molecule has 1 fully saturated rings. The van der Waals surface area contributed by atoms with Crippen LogP contribution in [-0.2, 0) is 9.59 Å². The van der Waals surface area contributed by atoms with E-state index in [1.807, 2.05) is 30.3 Å². The molecular weight excluding hydrogens is 475 g/mol. The van der Waals surface area contributed by atoms with Gasteiger partial charge < -0.3 is 36.3 Å². The highest BCUT2D eigenvalue weighted by Crippen LogP contribution is 2.25. The van der Waals surface area contributed by atoms with Gasteiger partial charge in [0, 0.05) is 25.6 Å². The number of primary amides is 1. The number of urea groups is 1. The molecule has 3 atom stereocenters. The largest absolute Gasteiger partial charge is 0.457 e. The molecule has 0 spiro atoms. The van der Waals surface area contributed by atoms with E-state index in [0.717, 1.165) is 4.90 Å². The lowest BCUT2D eigenvalue weighted by molar-refractivity contribution is -0.138. The number of likely N-dealkylation sites (tertiary alicyclic amines) is 1. The van der Waals surface area contributed by atoms with Crippen molar-refractivity contribution in [2.45, 2.75) is 24.6 Å². The van der Waals surface area contributed by atoms with Crippen LogP contribution in [0, 0.1) is 0 Å². The van der Waals surface area contributed by atoms with E-state index in [0.29, 0.717) is 11.5 Å². The maximum absolute atomic E-state index is 12.6. The van der Waals surface area contributed by atoms with Crippen LogP contribution in [0.1, 0.15) is 6.42 Å². The summed E-state index contributed by atoms with van der Waals surface area (Å²) in [6.07, 6.45) is -1.27. The Hall–Kier alpha value is -3.05. The van der Waals surface area contributed by atoms with Gasteiger partial charge in [-0.2, -0.15) is 0 Å². The number of rotatable bonds is 7. The summed E-state index contributed by atoms with van der Waals surface area (Å²) in [5.41, 5.74) is 10.6. The number of carbonyl (C=O) groups is 3. The lowest BCUT2D eigenvalue weighted by Crippen LogP contribution is -2.47. The number of nitrogens with zero attached hydrogens (tertiary/aromatic N) is 1. The van der Waals surface area contributed by atoms with E-state index in [1.54, 1.807) is 24.3 Å². The zero-order valence-electron chi connectivity index (χ0n) is 17.5. The molecule has 0 saturated carbocycles. The zero-order valence-corrected chi connectivity index (χ0v) is 19.1. The Bertz CT molecular complexity index is 932. The number of hydrogen-bond acceptors (Lipinski definition) is 7. The van der Waals surface area contributed by atoms with Crippen molar-refractivity contribution < 1.29 is 29.0 Å². The predicted molar refractivity (Wildman–Crippen MR) is 125 cm³/mol. The molecule has 3 rings (SSSR count). The van der Waals surface area contributed by atoms with Crippen LogP contribution in [0.2, 0.25) is 0 Å². The van der Waals surface area contributed by atoms with Gasteiger partial charge in [0.25, 0.3) is 0 Å². The van der Waals surface area contributed by atoms with Gasteiger partial charge in [-0.25, -0.2) is 9.59 Å². The second-order valence-electron chi connectivity index (χ2n) is 7.01. The lowest BCUT2D eigenvalue weighted by atomic mass is 10.1. The third-order valence-corrected chi connectivity index (χ3v) is 4.75. The summed E-state index contributed by atoms with van der Waals surface area (Å²) in [7, 11) is 0. The normalized spacial score (nSPS) is 17.7. The Morgan fingerprint density at radius 2 is 1.61 bits per heavy atom. The van der Waals surface area contributed by atoms with Gasteiger partial charge in [-0.05, 0) is 36.4 Å². The second-order valence-corrected chi connectivity index (χ2v) is 7.01. The van der Waals surface area contributed by atoms with E-state index in [1.165, 1.54) is 0 Å². The molecule has 0 aliphatic carbocycles. The third kappa shape index (κ3) is 7.50. The number of hydrogen-bond donors (Lipinski definition) is 4. The maximum atomic E-state index is 12.6. The Kier molecular flexibility index (Phi) is 10.9. The molecule has 0 bridgehead atoms. The summed E-state index contributed by atoms with van der Waals surface area (Å²) >= 11 is 0. The Labute approximate surface area is 203 Å². The SMILES string of the molecule is Cl.Cl.NC[C@H](O)C(=O)NC1C[C@@H](C(=O)Oc2ccc(Oc3ccccc3)cc2)N(C(N)=O)C1. The first-order valence-electron chi connectivity index (χ1n) is 9.66. The van der Waals surface area contributed by atoms with Crippen molar-refractivity contribution in [3.05, 3.63) is 54.6 Å². The van der Waals surface area contributed by atoms with Crippen molar-refractivity contribution in [3.8, 4) is 17.2 Å². The number of aliphatic hydroxyl groups is 1. The van der Waals surface area contributed by atoms with Gasteiger partial charge in [0.15, 0.2) is 0 Å². The standard InChI is InChI=1S/C21H24N4O6.2ClH/c22-11-18(26)19(27)24-13-10-17(25(12-13)21(23)29)20(28)31-16-8-6-15(7-9-16)30-14-4-2-1-3-5-14;;/h1-9,13,17-18,26H,10-12,22H2,(H2,23,29)(H,24,27);2*1H/t13?,17-,18-;;/m0../s1.